The Bertz CT molecular complexity index is 967. The molecule has 6 heteroatoms. The minimum atomic E-state index is -0.177. The van der Waals surface area contributed by atoms with E-state index in [0.29, 0.717) is 28.6 Å². The number of nitrogen functional groups attached to an aromatic ring is 1. The lowest BCUT2D eigenvalue weighted by Crippen LogP contribution is -2.23. The van der Waals surface area contributed by atoms with Crippen molar-refractivity contribution in [1.29, 1.82) is 0 Å². The van der Waals surface area contributed by atoms with E-state index in [2.05, 4.69) is 5.32 Å². The van der Waals surface area contributed by atoms with E-state index in [1.165, 1.54) is 11.3 Å². The van der Waals surface area contributed by atoms with Crippen molar-refractivity contribution in [1.82, 2.24) is 5.32 Å². The van der Waals surface area contributed by atoms with E-state index < -0.39 is 0 Å². The summed E-state index contributed by atoms with van der Waals surface area (Å²) in [5.74, 6) is 1.22. The Morgan fingerprint density at radius 1 is 1.15 bits per heavy atom. The van der Waals surface area contributed by atoms with E-state index in [4.69, 9.17) is 15.2 Å². The summed E-state index contributed by atoms with van der Waals surface area (Å²) >= 11 is 1.42. The van der Waals surface area contributed by atoms with Crippen molar-refractivity contribution in [3.05, 3.63) is 64.5 Å². The smallest absolute Gasteiger partial charge is 0.255 e. The molecule has 3 N–H and O–H groups in total. The Kier molecular flexibility index (Phi) is 4.26. The summed E-state index contributed by atoms with van der Waals surface area (Å²) in [5, 5.41) is 3.48. The Hall–Kier alpha value is -2.99. The van der Waals surface area contributed by atoms with Gasteiger partial charge >= 0.3 is 0 Å². The summed E-state index contributed by atoms with van der Waals surface area (Å²) in [6.07, 6.45) is 0. The first-order chi connectivity index (χ1) is 12.6. The third-order valence-corrected chi connectivity index (χ3v) is 5.23. The fourth-order valence-electron chi connectivity index (χ4n) is 3.06. The number of ether oxygens (including phenoxy) is 2. The highest BCUT2D eigenvalue weighted by molar-refractivity contribution is 7.16. The standard InChI is InChI=1S/C20H18N2O3S/c1-12-17(14-7-8-15-16(9-14)25-11-24-15)18(19(21)26-12)20(23)22-10-13-5-3-2-4-6-13/h2-9H,10-11,21H2,1H3,(H,22,23). The summed E-state index contributed by atoms with van der Waals surface area (Å²) < 4.78 is 10.8. The van der Waals surface area contributed by atoms with Crippen LogP contribution in [0.1, 0.15) is 20.8 Å². The first kappa shape index (κ1) is 16.5. The van der Waals surface area contributed by atoms with Crippen LogP contribution in [-0.4, -0.2) is 12.7 Å². The molecule has 1 aromatic heterocycles. The van der Waals surface area contributed by atoms with E-state index in [0.717, 1.165) is 21.6 Å². The average molecular weight is 366 g/mol. The van der Waals surface area contributed by atoms with Crippen LogP contribution in [-0.2, 0) is 6.54 Å². The number of hydrogen-bond donors (Lipinski definition) is 2. The normalized spacial score (nSPS) is 12.2. The Balaban J connectivity index is 1.65. The Labute approximate surface area is 155 Å². The summed E-state index contributed by atoms with van der Waals surface area (Å²) in [6.45, 7) is 2.64. The predicted molar refractivity (Wildman–Crippen MR) is 103 cm³/mol. The number of aryl methyl sites for hydroxylation is 1. The van der Waals surface area contributed by atoms with Crippen LogP contribution >= 0.6 is 11.3 Å². The Morgan fingerprint density at radius 3 is 2.73 bits per heavy atom. The molecular formula is C20H18N2O3S. The van der Waals surface area contributed by atoms with Crippen LogP contribution < -0.4 is 20.5 Å². The van der Waals surface area contributed by atoms with Gasteiger partial charge in [0, 0.05) is 17.0 Å². The monoisotopic (exact) mass is 366 g/mol. The van der Waals surface area contributed by atoms with Crippen LogP contribution in [0.5, 0.6) is 11.5 Å². The fraction of sp³-hybridized carbons (Fsp3) is 0.150. The van der Waals surface area contributed by atoms with Gasteiger partial charge in [-0.05, 0) is 30.2 Å². The van der Waals surface area contributed by atoms with Gasteiger partial charge in [-0.3, -0.25) is 4.79 Å². The molecule has 0 saturated carbocycles. The van der Waals surface area contributed by atoms with Crippen molar-refractivity contribution in [2.24, 2.45) is 0 Å². The van der Waals surface area contributed by atoms with Crippen molar-refractivity contribution < 1.29 is 14.3 Å². The molecule has 0 bridgehead atoms. The minimum absolute atomic E-state index is 0.177. The zero-order chi connectivity index (χ0) is 18.1. The number of nitrogens with one attached hydrogen (secondary N) is 1. The number of fused-ring (bicyclic) bond motifs is 1. The number of benzene rings is 2. The van der Waals surface area contributed by atoms with Crippen LogP contribution in [0.2, 0.25) is 0 Å². The van der Waals surface area contributed by atoms with E-state index in [9.17, 15) is 4.79 Å². The van der Waals surface area contributed by atoms with Gasteiger partial charge in [0.2, 0.25) is 6.79 Å². The molecule has 0 atom stereocenters. The van der Waals surface area contributed by atoms with E-state index in [1.807, 2.05) is 55.5 Å². The van der Waals surface area contributed by atoms with Gasteiger partial charge in [-0.1, -0.05) is 36.4 Å². The molecule has 4 rings (SSSR count). The molecule has 0 unspecified atom stereocenters. The molecule has 0 aliphatic carbocycles. The zero-order valence-electron chi connectivity index (χ0n) is 14.2. The predicted octanol–water partition coefficient (Wildman–Crippen LogP) is 3.96. The molecule has 1 aliphatic heterocycles. The van der Waals surface area contributed by atoms with E-state index >= 15 is 0 Å². The summed E-state index contributed by atoms with van der Waals surface area (Å²) in [4.78, 5) is 13.8. The maximum absolute atomic E-state index is 12.8. The highest BCUT2D eigenvalue weighted by atomic mass is 32.1. The maximum atomic E-state index is 12.8. The van der Waals surface area contributed by atoms with Crippen molar-refractivity contribution >= 4 is 22.2 Å². The quantitative estimate of drug-likeness (QED) is 0.733. The highest BCUT2D eigenvalue weighted by Gasteiger charge is 2.23. The lowest BCUT2D eigenvalue weighted by molar-refractivity contribution is 0.0952. The second kappa shape index (κ2) is 6.72. The van der Waals surface area contributed by atoms with Crippen molar-refractivity contribution in [3.8, 4) is 22.6 Å². The molecule has 2 heterocycles. The van der Waals surface area contributed by atoms with Crippen LogP contribution in [0.15, 0.2) is 48.5 Å². The molecule has 1 aliphatic rings. The second-order valence-corrected chi connectivity index (χ2v) is 7.27. The van der Waals surface area contributed by atoms with Crippen molar-refractivity contribution in [2.75, 3.05) is 12.5 Å². The third-order valence-electron chi connectivity index (χ3n) is 4.30. The largest absolute Gasteiger partial charge is 0.454 e. The zero-order valence-corrected chi connectivity index (χ0v) is 15.1. The lowest BCUT2D eigenvalue weighted by atomic mass is 10.0. The van der Waals surface area contributed by atoms with Gasteiger partial charge in [0.05, 0.1) is 10.6 Å². The van der Waals surface area contributed by atoms with Gasteiger partial charge in [-0.15, -0.1) is 11.3 Å². The van der Waals surface area contributed by atoms with Crippen LogP contribution in [0.4, 0.5) is 5.00 Å². The van der Waals surface area contributed by atoms with Gasteiger partial charge in [0.25, 0.3) is 5.91 Å². The van der Waals surface area contributed by atoms with Gasteiger partial charge in [0.1, 0.15) is 0 Å². The molecule has 0 fully saturated rings. The minimum Gasteiger partial charge on any atom is -0.454 e. The van der Waals surface area contributed by atoms with Crippen molar-refractivity contribution in [3.63, 3.8) is 0 Å². The summed E-state index contributed by atoms with van der Waals surface area (Å²) in [6, 6.07) is 15.5. The number of amides is 1. The number of thiophene rings is 1. The third kappa shape index (κ3) is 2.99. The topological polar surface area (TPSA) is 73.6 Å². The average Bonchev–Trinajstić information content (AvgIpc) is 3.23. The SMILES string of the molecule is Cc1sc(N)c(C(=O)NCc2ccccc2)c1-c1ccc2c(c1)OCO2. The maximum Gasteiger partial charge on any atom is 0.255 e. The van der Waals surface area contributed by atoms with Crippen LogP contribution in [0.25, 0.3) is 11.1 Å². The number of carbonyl (C=O) groups excluding carboxylic acids is 1. The first-order valence-corrected chi connectivity index (χ1v) is 9.06. The molecule has 0 spiro atoms. The van der Waals surface area contributed by atoms with Gasteiger partial charge in [-0.2, -0.15) is 0 Å². The van der Waals surface area contributed by atoms with Crippen molar-refractivity contribution in [2.45, 2.75) is 13.5 Å². The van der Waals surface area contributed by atoms with Gasteiger partial charge < -0.3 is 20.5 Å². The van der Waals surface area contributed by atoms with Crippen LogP contribution in [0, 0.1) is 6.92 Å². The number of carbonyl (C=O) groups is 1. The van der Waals surface area contributed by atoms with Gasteiger partial charge in [0.15, 0.2) is 11.5 Å². The Morgan fingerprint density at radius 2 is 1.92 bits per heavy atom. The molecule has 132 valence electrons. The molecule has 0 radical (unpaired) electrons. The highest BCUT2D eigenvalue weighted by Crippen LogP contribution is 2.42. The lowest BCUT2D eigenvalue weighted by Gasteiger charge is -2.09. The molecule has 2 aromatic carbocycles. The number of hydrogen-bond acceptors (Lipinski definition) is 5. The molecule has 5 nitrogen and oxygen atoms in total. The van der Waals surface area contributed by atoms with Crippen LogP contribution in [0.3, 0.4) is 0 Å². The first-order valence-electron chi connectivity index (χ1n) is 8.24. The summed E-state index contributed by atoms with van der Waals surface area (Å²) in [7, 11) is 0. The molecule has 0 saturated heterocycles. The summed E-state index contributed by atoms with van der Waals surface area (Å²) in [5.41, 5.74) is 9.45. The number of nitrogens with two attached hydrogens (primary N) is 1. The molecular weight excluding hydrogens is 348 g/mol. The van der Waals surface area contributed by atoms with E-state index in [1.54, 1.807) is 0 Å². The molecule has 1 amide bonds. The fourth-order valence-corrected chi connectivity index (χ4v) is 4.01. The second-order valence-electron chi connectivity index (χ2n) is 6.01. The van der Waals surface area contributed by atoms with E-state index in [-0.39, 0.29) is 12.7 Å². The molecule has 26 heavy (non-hydrogen) atoms. The van der Waals surface area contributed by atoms with Gasteiger partial charge in [-0.25, -0.2) is 0 Å². The number of anilines is 1. The number of rotatable bonds is 4. The molecule has 3 aromatic rings.